The van der Waals surface area contributed by atoms with Gasteiger partial charge in [0, 0.05) is 70.0 Å². The van der Waals surface area contributed by atoms with Crippen LogP contribution in [0.5, 0.6) is 0 Å². The molecule has 3 aliphatic rings. The summed E-state index contributed by atoms with van der Waals surface area (Å²) < 4.78 is 0. The number of nitrogens with one attached hydrogen (secondary N) is 1. The number of hydrogen-bond donors (Lipinski definition) is 1. The van der Waals surface area contributed by atoms with Crippen LogP contribution in [0.4, 0.5) is 5.69 Å². The normalized spacial score (nSPS) is 20.9. The zero-order valence-electron chi connectivity index (χ0n) is 19.1. The van der Waals surface area contributed by atoms with Crippen LogP contribution in [0.1, 0.15) is 36.0 Å². The van der Waals surface area contributed by atoms with Gasteiger partial charge in [-0.05, 0) is 51.9 Å². The lowest BCUT2D eigenvalue weighted by Crippen LogP contribution is -2.50. The van der Waals surface area contributed by atoms with Gasteiger partial charge in [-0.3, -0.25) is 14.5 Å². The highest BCUT2D eigenvalue weighted by atomic mass is 16.2. The molecule has 1 aromatic rings. The monoisotopic (exact) mass is 427 g/mol. The van der Waals surface area contributed by atoms with E-state index >= 15 is 0 Å². The number of rotatable bonds is 7. The van der Waals surface area contributed by atoms with Crippen LogP contribution in [0.15, 0.2) is 24.3 Å². The molecular weight excluding hydrogens is 390 g/mol. The van der Waals surface area contributed by atoms with Gasteiger partial charge >= 0.3 is 0 Å². The largest absolute Gasteiger partial charge is 0.371 e. The van der Waals surface area contributed by atoms with Crippen molar-refractivity contribution in [2.24, 2.45) is 5.92 Å². The first-order valence-corrected chi connectivity index (χ1v) is 11.8. The average molecular weight is 428 g/mol. The van der Waals surface area contributed by atoms with E-state index in [2.05, 4.69) is 40.2 Å². The van der Waals surface area contributed by atoms with Crippen LogP contribution in [0.3, 0.4) is 0 Å². The van der Waals surface area contributed by atoms with Crippen LogP contribution in [0.2, 0.25) is 0 Å². The molecule has 4 rings (SSSR count). The molecule has 1 saturated carbocycles. The number of para-hydroxylation sites is 1. The van der Waals surface area contributed by atoms with E-state index in [9.17, 15) is 9.59 Å². The first kappa shape index (κ1) is 22.1. The van der Waals surface area contributed by atoms with Gasteiger partial charge in [0.1, 0.15) is 0 Å². The molecule has 0 atom stereocenters. The second-order valence-electron chi connectivity index (χ2n) is 9.50. The minimum atomic E-state index is 0.145. The fraction of sp³-hybridized carbons (Fsp3) is 0.667. The summed E-state index contributed by atoms with van der Waals surface area (Å²) in [6, 6.07) is 8.29. The van der Waals surface area contributed by atoms with Gasteiger partial charge < -0.3 is 20.0 Å². The molecule has 1 aromatic carbocycles. The second-order valence-corrected chi connectivity index (χ2v) is 9.50. The minimum absolute atomic E-state index is 0.145. The van der Waals surface area contributed by atoms with Crippen molar-refractivity contribution in [2.75, 3.05) is 71.4 Å². The van der Waals surface area contributed by atoms with Gasteiger partial charge in [-0.25, -0.2) is 0 Å². The van der Waals surface area contributed by atoms with Gasteiger partial charge in [-0.2, -0.15) is 0 Å². The molecule has 2 saturated heterocycles. The Morgan fingerprint density at radius 2 is 1.65 bits per heavy atom. The Labute approximate surface area is 186 Å². The molecule has 2 aliphatic heterocycles. The quantitative estimate of drug-likeness (QED) is 0.715. The highest BCUT2D eigenvalue weighted by Crippen LogP contribution is 2.30. The van der Waals surface area contributed by atoms with Crippen LogP contribution >= 0.6 is 0 Å². The third kappa shape index (κ3) is 5.77. The molecule has 2 heterocycles. The number of carbonyl (C=O) groups is 2. The zero-order chi connectivity index (χ0) is 21.8. The van der Waals surface area contributed by atoms with Crippen LogP contribution < -0.4 is 10.2 Å². The summed E-state index contributed by atoms with van der Waals surface area (Å²) in [7, 11) is 4.20. The van der Waals surface area contributed by atoms with Gasteiger partial charge in [-0.1, -0.05) is 12.1 Å². The lowest BCUT2D eigenvalue weighted by molar-refractivity contribution is -0.123. The van der Waals surface area contributed by atoms with Gasteiger partial charge in [0.2, 0.25) is 5.91 Å². The van der Waals surface area contributed by atoms with E-state index < -0.39 is 0 Å². The Balaban J connectivity index is 1.32. The Morgan fingerprint density at radius 3 is 2.29 bits per heavy atom. The fourth-order valence-electron chi connectivity index (χ4n) is 4.55. The van der Waals surface area contributed by atoms with Crippen molar-refractivity contribution in [2.45, 2.75) is 31.7 Å². The highest BCUT2D eigenvalue weighted by molar-refractivity contribution is 6.00. The maximum Gasteiger partial charge on any atom is 0.256 e. The van der Waals surface area contributed by atoms with E-state index in [0.29, 0.717) is 0 Å². The van der Waals surface area contributed by atoms with Crippen molar-refractivity contribution in [1.82, 2.24) is 20.0 Å². The molecule has 3 fully saturated rings. The molecule has 0 bridgehead atoms. The topological polar surface area (TPSA) is 59.1 Å². The first-order chi connectivity index (χ1) is 15.0. The molecule has 0 radical (unpaired) electrons. The Hall–Kier alpha value is -2.12. The zero-order valence-corrected chi connectivity index (χ0v) is 19.1. The number of hydrogen-bond acceptors (Lipinski definition) is 5. The molecule has 0 spiro atoms. The van der Waals surface area contributed by atoms with Gasteiger partial charge in [-0.15, -0.1) is 0 Å². The third-order valence-electron chi connectivity index (χ3n) is 6.79. The number of benzene rings is 1. The molecule has 170 valence electrons. The molecule has 0 aromatic heterocycles. The molecule has 7 heteroatoms. The summed E-state index contributed by atoms with van der Waals surface area (Å²) in [4.78, 5) is 34.4. The van der Waals surface area contributed by atoms with Crippen LogP contribution in [0.25, 0.3) is 0 Å². The molecule has 1 N–H and O–H groups in total. The summed E-state index contributed by atoms with van der Waals surface area (Å²) in [6.07, 6.45) is 3.96. The summed E-state index contributed by atoms with van der Waals surface area (Å²) >= 11 is 0. The lowest BCUT2D eigenvalue weighted by atomic mass is 10.0. The SMILES string of the molecule is CN(C)CCN1CCN(C(=O)c2ccccc2N2CCC(NC(=O)C3CC3)CC2)CC1. The Morgan fingerprint density at radius 1 is 0.968 bits per heavy atom. The lowest BCUT2D eigenvalue weighted by Gasteiger charge is -2.37. The predicted octanol–water partition coefficient (Wildman–Crippen LogP) is 1.50. The van der Waals surface area contributed by atoms with Crippen molar-refractivity contribution in [3.05, 3.63) is 29.8 Å². The maximum atomic E-state index is 13.3. The molecular formula is C24H37N5O2. The average Bonchev–Trinajstić information content (AvgIpc) is 3.64. The highest BCUT2D eigenvalue weighted by Gasteiger charge is 2.32. The van der Waals surface area contributed by atoms with E-state index in [-0.39, 0.29) is 23.8 Å². The molecule has 7 nitrogen and oxygen atoms in total. The van der Waals surface area contributed by atoms with Gasteiger partial charge in [0.25, 0.3) is 5.91 Å². The smallest absolute Gasteiger partial charge is 0.256 e. The number of amides is 2. The molecule has 1 aliphatic carbocycles. The van der Waals surface area contributed by atoms with Gasteiger partial charge in [0.05, 0.1) is 5.56 Å². The van der Waals surface area contributed by atoms with E-state index in [1.807, 2.05) is 23.1 Å². The first-order valence-electron chi connectivity index (χ1n) is 11.8. The molecule has 2 amide bonds. The van der Waals surface area contributed by atoms with Gasteiger partial charge in [0.15, 0.2) is 0 Å². The standard InChI is InChI=1S/C24H37N5O2/c1-26(2)13-14-27-15-17-29(18-16-27)24(31)21-5-3-4-6-22(21)28-11-9-20(10-12-28)25-23(30)19-7-8-19/h3-6,19-20H,7-18H2,1-2H3,(H,25,30). The summed E-state index contributed by atoms with van der Waals surface area (Å²) in [5.41, 5.74) is 1.85. The van der Waals surface area contributed by atoms with Crippen LogP contribution in [0, 0.1) is 5.92 Å². The van der Waals surface area contributed by atoms with Crippen LogP contribution in [-0.4, -0.2) is 99.0 Å². The maximum absolute atomic E-state index is 13.3. The van der Waals surface area contributed by atoms with E-state index in [1.54, 1.807) is 0 Å². The number of anilines is 1. The Kier molecular flexibility index (Phi) is 7.13. The predicted molar refractivity (Wildman–Crippen MR) is 123 cm³/mol. The third-order valence-corrected chi connectivity index (χ3v) is 6.79. The van der Waals surface area contributed by atoms with E-state index in [4.69, 9.17) is 0 Å². The summed E-state index contributed by atoms with van der Waals surface area (Å²) in [5.74, 6) is 0.644. The number of piperidine rings is 1. The molecule has 0 unspecified atom stereocenters. The van der Waals surface area contributed by atoms with Crippen molar-refractivity contribution >= 4 is 17.5 Å². The van der Waals surface area contributed by atoms with Crippen LogP contribution in [-0.2, 0) is 4.79 Å². The number of nitrogens with zero attached hydrogens (tertiary/aromatic N) is 4. The van der Waals surface area contributed by atoms with Crippen molar-refractivity contribution < 1.29 is 9.59 Å². The molecule has 31 heavy (non-hydrogen) atoms. The van der Waals surface area contributed by atoms with Crippen molar-refractivity contribution in [1.29, 1.82) is 0 Å². The van der Waals surface area contributed by atoms with E-state index in [0.717, 1.165) is 89.3 Å². The Bertz CT molecular complexity index is 763. The summed E-state index contributed by atoms with van der Waals surface area (Å²) in [5, 5.41) is 3.21. The van der Waals surface area contributed by atoms with Crippen molar-refractivity contribution in [3.63, 3.8) is 0 Å². The number of carbonyl (C=O) groups excluding carboxylic acids is 2. The number of piperazine rings is 1. The summed E-state index contributed by atoms with van der Waals surface area (Å²) in [6.45, 7) is 7.30. The fourth-order valence-corrected chi connectivity index (χ4v) is 4.55. The minimum Gasteiger partial charge on any atom is -0.371 e. The van der Waals surface area contributed by atoms with Crippen molar-refractivity contribution in [3.8, 4) is 0 Å². The number of likely N-dealkylation sites (N-methyl/N-ethyl adjacent to an activating group) is 1. The second kappa shape index (κ2) is 10.0. The van der Waals surface area contributed by atoms with E-state index in [1.165, 1.54) is 0 Å².